The Labute approximate surface area is 241 Å². The topological polar surface area (TPSA) is 96.5 Å². The fourth-order valence-electron chi connectivity index (χ4n) is 5.76. The van der Waals surface area contributed by atoms with Crippen LogP contribution in [-0.2, 0) is 22.4 Å². The lowest BCUT2D eigenvalue weighted by atomic mass is 9.94. The molecule has 4 aromatic rings. The third-order valence-electron chi connectivity index (χ3n) is 7.94. The van der Waals surface area contributed by atoms with Crippen LogP contribution in [0.5, 0.6) is 11.5 Å². The molecule has 0 spiro atoms. The normalized spacial score (nSPS) is 14.4. The molecule has 2 aromatic carbocycles. The summed E-state index contributed by atoms with van der Waals surface area (Å²) in [5.41, 5.74) is 3.55. The average molecular weight is 555 g/mol. The zero-order valence-corrected chi connectivity index (χ0v) is 23.8. The van der Waals surface area contributed by atoms with Crippen molar-refractivity contribution in [3.63, 3.8) is 0 Å². The molecule has 2 aromatic heterocycles. The van der Waals surface area contributed by atoms with Crippen molar-refractivity contribution in [1.82, 2.24) is 20.2 Å². The van der Waals surface area contributed by atoms with Crippen LogP contribution in [0.2, 0.25) is 0 Å². The van der Waals surface area contributed by atoms with Crippen LogP contribution in [0, 0.1) is 0 Å². The average Bonchev–Trinajstić information content (AvgIpc) is 3.42. The van der Waals surface area contributed by atoms with Crippen molar-refractivity contribution in [3.05, 3.63) is 89.9 Å². The van der Waals surface area contributed by atoms with Crippen molar-refractivity contribution in [1.29, 1.82) is 0 Å². The van der Waals surface area contributed by atoms with Crippen LogP contribution in [0.1, 0.15) is 54.8 Å². The number of benzene rings is 2. The van der Waals surface area contributed by atoms with Crippen LogP contribution in [0.25, 0.3) is 10.9 Å². The van der Waals surface area contributed by atoms with Gasteiger partial charge in [0.05, 0.1) is 20.6 Å². The third-order valence-corrected chi connectivity index (χ3v) is 7.94. The lowest BCUT2D eigenvalue weighted by Gasteiger charge is -2.33. The van der Waals surface area contributed by atoms with Gasteiger partial charge in [-0.1, -0.05) is 49.6 Å². The molecule has 0 saturated heterocycles. The Balaban J connectivity index is 1.47. The zero-order valence-electron chi connectivity index (χ0n) is 23.8. The molecular formula is C33H38N4O4. The number of nitrogens with one attached hydrogen (secondary N) is 2. The molecule has 214 valence electrons. The summed E-state index contributed by atoms with van der Waals surface area (Å²) in [6, 6.07) is 16.7. The predicted octanol–water partition coefficient (Wildman–Crippen LogP) is 5.38. The van der Waals surface area contributed by atoms with Gasteiger partial charge in [0.2, 0.25) is 11.8 Å². The van der Waals surface area contributed by atoms with Gasteiger partial charge in [-0.3, -0.25) is 14.6 Å². The highest BCUT2D eigenvalue weighted by molar-refractivity contribution is 5.92. The molecule has 2 heterocycles. The largest absolute Gasteiger partial charge is 0.493 e. The van der Waals surface area contributed by atoms with Crippen molar-refractivity contribution < 1.29 is 19.1 Å². The Hall–Kier alpha value is -4.33. The van der Waals surface area contributed by atoms with Crippen LogP contribution in [-0.4, -0.2) is 53.5 Å². The number of methoxy groups -OCH3 is 2. The van der Waals surface area contributed by atoms with Crippen molar-refractivity contribution in [2.24, 2.45) is 0 Å². The molecule has 0 radical (unpaired) electrons. The van der Waals surface area contributed by atoms with E-state index in [2.05, 4.69) is 15.3 Å². The molecule has 2 amide bonds. The molecule has 1 atom stereocenters. The summed E-state index contributed by atoms with van der Waals surface area (Å²) in [6.07, 6.45) is 11.3. The van der Waals surface area contributed by atoms with Crippen molar-refractivity contribution in [2.45, 2.75) is 57.0 Å². The van der Waals surface area contributed by atoms with E-state index in [1.54, 1.807) is 31.5 Å². The fourth-order valence-corrected chi connectivity index (χ4v) is 5.76. The monoisotopic (exact) mass is 554 g/mol. The Morgan fingerprint density at radius 3 is 2.59 bits per heavy atom. The van der Waals surface area contributed by atoms with Gasteiger partial charge in [0.1, 0.15) is 6.04 Å². The first-order valence-electron chi connectivity index (χ1n) is 14.3. The highest BCUT2D eigenvalue weighted by atomic mass is 16.5. The summed E-state index contributed by atoms with van der Waals surface area (Å²) >= 11 is 0. The summed E-state index contributed by atoms with van der Waals surface area (Å²) in [5, 5.41) is 4.27. The number of pyridine rings is 1. The molecule has 1 aliphatic carbocycles. The number of carbonyl (C=O) groups excluding carboxylic acids is 2. The van der Waals surface area contributed by atoms with E-state index >= 15 is 0 Å². The van der Waals surface area contributed by atoms with Crippen molar-refractivity contribution in [2.75, 3.05) is 20.8 Å². The molecule has 8 heteroatoms. The zero-order chi connectivity index (χ0) is 28.6. The predicted molar refractivity (Wildman–Crippen MR) is 159 cm³/mol. The van der Waals surface area contributed by atoms with E-state index in [4.69, 9.17) is 9.47 Å². The number of rotatable bonds is 11. The fraction of sp³-hybridized carbons (Fsp3) is 0.364. The molecule has 1 aliphatic rings. The van der Waals surface area contributed by atoms with Crippen LogP contribution in [0.3, 0.4) is 0 Å². The van der Waals surface area contributed by atoms with Gasteiger partial charge in [-0.2, -0.15) is 0 Å². The van der Waals surface area contributed by atoms with E-state index in [0.717, 1.165) is 47.7 Å². The molecule has 1 fully saturated rings. The van der Waals surface area contributed by atoms with Gasteiger partial charge in [-0.25, -0.2) is 0 Å². The molecule has 0 bridgehead atoms. The number of hydrogen-bond acceptors (Lipinski definition) is 5. The van der Waals surface area contributed by atoms with Gasteiger partial charge >= 0.3 is 0 Å². The second kappa shape index (κ2) is 13.4. The lowest BCUT2D eigenvalue weighted by Crippen LogP contribution is -2.48. The number of nitrogens with zero attached hydrogens (tertiary/aromatic N) is 2. The number of aromatic nitrogens is 2. The van der Waals surface area contributed by atoms with Crippen molar-refractivity contribution in [3.8, 4) is 11.5 Å². The Kier molecular flexibility index (Phi) is 9.19. The van der Waals surface area contributed by atoms with Crippen molar-refractivity contribution >= 4 is 22.7 Å². The van der Waals surface area contributed by atoms with Crippen LogP contribution >= 0.6 is 0 Å². The summed E-state index contributed by atoms with van der Waals surface area (Å²) in [4.78, 5) is 37.5. The standard InChI is InChI=1S/C33H38N4O4/c1-40-29-15-14-23(19-30(29)41-2)16-18-37(31(38)20-25-22-35-28-13-7-6-12-27(25)28)32(24-9-8-17-34-21-24)33(39)36-26-10-4-3-5-11-26/h6-9,12-15,17,19,21-22,26,32,35H,3-5,10-11,16,18,20H2,1-2H3,(H,36,39)/t32-/m0/s1. The number of carbonyl (C=O) groups is 2. The molecular weight excluding hydrogens is 516 g/mol. The number of hydrogen-bond donors (Lipinski definition) is 2. The van der Waals surface area contributed by atoms with Gasteiger partial charge in [-0.15, -0.1) is 0 Å². The molecule has 0 aliphatic heterocycles. The number of aromatic amines is 1. The van der Waals surface area contributed by atoms with E-state index in [0.29, 0.717) is 30.0 Å². The number of amides is 2. The number of ether oxygens (including phenoxy) is 2. The van der Waals surface area contributed by atoms with Crippen LogP contribution < -0.4 is 14.8 Å². The van der Waals surface area contributed by atoms with Crippen LogP contribution in [0.4, 0.5) is 0 Å². The van der Waals surface area contributed by atoms with E-state index in [-0.39, 0.29) is 24.3 Å². The smallest absolute Gasteiger partial charge is 0.247 e. The first-order valence-corrected chi connectivity index (χ1v) is 14.3. The lowest BCUT2D eigenvalue weighted by molar-refractivity contribution is -0.140. The van der Waals surface area contributed by atoms with E-state index in [1.807, 2.05) is 60.8 Å². The summed E-state index contributed by atoms with van der Waals surface area (Å²) < 4.78 is 10.9. The minimum Gasteiger partial charge on any atom is -0.493 e. The Morgan fingerprint density at radius 1 is 1.02 bits per heavy atom. The second-order valence-corrected chi connectivity index (χ2v) is 10.6. The quantitative estimate of drug-likeness (QED) is 0.259. The maximum atomic E-state index is 14.2. The maximum Gasteiger partial charge on any atom is 0.247 e. The van der Waals surface area contributed by atoms with Gasteiger partial charge in [0.15, 0.2) is 11.5 Å². The molecule has 0 unspecified atom stereocenters. The Morgan fingerprint density at radius 2 is 1.83 bits per heavy atom. The number of para-hydroxylation sites is 1. The molecule has 8 nitrogen and oxygen atoms in total. The minimum atomic E-state index is -0.802. The van der Waals surface area contributed by atoms with E-state index < -0.39 is 6.04 Å². The number of H-pyrrole nitrogens is 1. The summed E-state index contributed by atoms with van der Waals surface area (Å²) in [5.74, 6) is 0.983. The highest BCUT2D eigenvalue weighted by Crippen LogP contribution is 2.29. The van der Waals surface area contributed by atoms with E-state index in [9.17, 15) is 9.59 Å². The first kappa shape index (κ1) is 28.2. The summed E-state index contributed by atoms with van der Waals surface area (Å²) in [6.45, 7) is 0.342. The number of fused-ring (bicyclic) bond motifs is 1. The molecule has 5 rings (SSSR count). The third kappa shape index (κ3) is 6.70. The maximum absolute atomic E-state index is 14.2. The van der Waals surface area contributed by atoms with Gasteiger partial charge in [0, 0.05) is 47.6 Å². The summed E-state index contributed by atoms with van der Waals surface area (Å²) in [7, 11) is 3.21. The SMILES string of the molecule is COc1ccc(CCN(C(=O)Cc2c[nH]c3ccccc23)[C@H](C(=O)NC2CCCCC2)c2cccnc2)cc1OC. The van der Waals surface area contributed by atoms with Crippen LogP contribution in [0.15, 0.2) is 73.2 Å². The first-order chi connectivity index (χ1) is 20.1. The van der Waals surface area contributed by atoms with Gasteiger partial charge in [-0.05, 0) is 54.7 Å². The minimum absolute atomic E-state index is 0.117. The van der Waals surface area contributed by atoms with E-state index in [1.165, 1.54) is 6.42 Å². The molecule has 41 heavy (non-hydrogen) atoms. The highest BCUT2D eigenvalue weighted by Gasteiger charge is 2.33. The van der Waals surface area contributed by atoms with Gasteiger partial charge in [0.25, 0.3) is 0 Å². The molecule has 1 saturated carbocycles. The molecule has 2 N–H and O–H groups in total. The Bertz CT molecular complexity index is 1460. The van der Waals surface area contributed by atoms with Gasteiger partial charge < -0.3 is 24.7 Å². The second-order valence-electron chi connectivity index (χ2n) is 10.6.